The minimum Gasteiger partial charge on any atom is -0.322 e. The molecular formula is C22H29Cl2N3O. The van der Waals surface area contributed by atoms with Crippen LogP contribution in [0, 0.1) is 23.7 Å². The standard InChI is InChI=1S/C22H29Cl2N3O/c23-18-2-1-3-19(24)21(18)25-20(28)13-26-4-6-27(7-5-26)22-16-9-14-8-15(11-16)12-17(22)10-14/h1-3,14-17,22H,4-13H2,(H,25,28). The lowest BCUT2D eigenvalue weighted by atomic mass is 9.54. The molecule has 1 heterocycles. The number of carbonyl (C=O) groups is 1. The molecule has 1 aliphatic heterocycles. The van der Waals surface area contributed by atoms with Gasteiger partial charge in [-0.25, -0.2) is 0 Å². The number of para-hydroxylation sites is 1. The summed E-state index contributed by atoms with van der Waals surface area (Å²) in [5.74, 6) is 3.89. The molecule has 0 aromatic heterocycles. The number of benzene rings is 1. The SMILES string of the molecule is O=C(CN1CCN(C2C3CC4CC(C3)CC2C4)CC1)Nc1c(Cl)cccc1Cl. The third kappa shape index (κ3) is 3.69. The number of hydrogen-bond donors (Lipinski definition) is 1. The third-order valence-electron chi connectivity index (χ3n) is 7.60. The van der Waals surface area contributed by atoms with E-state index in [1.54, 1.807) is 18.2 Å². The van der Waals surface area contributed by atoms with Crippen LogP contribution in [0.1, 0.15) is 32.1 Å². The monoisotopic (exact) mass is 421 g/mol. The Labute approximate surface area is 177 Å². The zero-order valence-electron chi connectivity index (χ0n) is 16.2. The van der Waals surface area contributed by atoms with Gasteiger partial charge in [-0.3, -0.25) is 14.6 Å². The van der Waals surface area contributed by atoms with Gasteiger partial charge in [-0.2, -0.15) is 0 Å². The zero-order chi connectivity index (χ0) is 19.3. The summed E-state index contributed by atoms with van der Waals surface area (Å²) in [5.41, 5.74) is 0.517. The van der Waals surface area contributed by atoms with Gasteiger partial charge in [0.2, 0.25) is 5.91 Å². The van der Waals surface area contributed by atoms with Crippen LogP contribution in [0.2, 0.25) is 10.0 Å². The Hall–Kier alpha value is -0.810. The van der Waals surface area contributed by atoms with Crippen LogP contribution in [0.5, 0.6) is 0 Å². The molecule has 1 aromatic rings. The average molecular weight is 422 g/mol. The summed E-state index contributed by atoms with van der Waals surface area (Å²) in [5, 5.41) is 3.84. The van der Waals surface area contributed by atoms with Crippen LogP contribution in [-0.2, 0) is 4.79 Å². The number of carbonyl (C=O) groups excluding carboxylic acids is 1. The Morgan fingerprint density at radius 1 is 0.929 bits per heavy atom. The quantitative estimate of drug-likeness (QED) is 0.783. The highest BCUT2D eigenvalue weighted by Gasteiger charge is 2.50. The Kier molecular flexibility index (Phi) is 5.33. The summed E-state index contributed by atoms with van der Waals surface area (Å²) in [6, 6.07) is 6.08. The summed E-state index contributed by atoms with van der Waals surface area (Å²) in [4.78, 5) is 17.5. The van der Waals surface area contributed by atoms with Crippen LogP contribution in [-0.4, -0.2) is 54.5 Å². The molecule has 4 nitrogen and oxygen atoms in total. The average Bonchev–Trinajstić information content (AvgIpc) is 2.65. The van der Waals surface area contributed by atoms with E-state index in [1.165, 1.54) is 32.1 Å². The smallest absolute Gasteiger partial charge is 0.238 e. The second-order valence-electron chi connectivity index (χ2n) is 9.38. The fourth-order valence-corrected chi connectivity index (χ4v) is 7.20. The zero-order valence-corrected chi connectivity index (χ0v) is 17.8. The van der Waals surface area contributed by atoms with Crippen LogP contribution < -0.4 is 5.32 Å². The van der Waals surface area contributed by atoms with E-state index in [-0.39, 0.29) is 5.91 Å². The normalized spacial score (nSPS) is 35.3. The van der Waals surface area contributed by atoms with Gasteiger partial charge in [0.1, 0.15) is 0 Å². The number of nitrogens with one attached hydrogen (secondary N) is 1. The summed E-state index contributed by atoms with van der Waals surface area (Å²) < 4.78 is 0. The van der Waals surface area contributed by atoms with Crippen molar-refractivity contribution in [2.24, 2.45) is 23.7 Å². The van der Waals surface area contributed by atoms with Crippen molar-refractivity contribution >= 4 is 34.8 Å². The minimum absolute atomic E-state index is 0.0435. The highest BCUT2D eigenvalue weighted by atomic mass is 35.5. The van der Waals surface area contributed by atoms with E-state index in [4.69, 9.17) is 23.2 Å². The molecule has 6 rings (SSSR count). The van der Waals surface area contributed by atoms with Crippen LogP contribution >= 0.6 is 23.2 Å². The predicted octanol–water partition coefficient (Wildman–Crippen LogP) is 4.37. The highest BCUT2D eigenvalue weighted by Crippen LogP contribution is 2.55. The molecule has 4 bridgehead atoms. The van der Waals surface area contributed by atoms with Crippen molar-refractivity contribution in [1.82, 2.24) is 9.80 Å². The Morgan fingerprint density at radius 2 is 1.50 bits per heavy atom. The number of halogens is 2. The van der Waals surface area contributed by atoms with Gasteiger partial charge < -0.3 is 5.32 Å². The van der Waals surface area contributed by atoms with Gasteiger partial charge in [0.25, 0.3) is 0 Å². The number of amides is 1. The van der Waals surface area contributed by atoms with Gasteiger partial charge in [0.05, 0.1) is 22.3 Å². The summed E-state index contributed by atoms with van der Waals surface area (Å²) in [6.07, 6.45) is 7.40. The van der Waals surface area contributed by atoms with Crippen molar-refractivity contribution in [3.63, 3.8) is 0 Å². The number of hydrogen-bond acceptors (Lipinski definition) is 3. The Bertz CT molecular complexity index is 699. The number of anilines is 1. The molecule has 0 unspecified atom stereocenters. The van der Waals surface area contributed by atoms with Crippen molar-refractivity contribution in [1.29, 1.82) is 0 Å². The number of piperazine rings is 1. The summed E-state index contributed by atoms with van der Waals surface area (Å²) in [6.45, 7) is 4.51. The molecule has 0 spiro atoms. The first kappa shape index (κ1) is 19.2. The van der Waals surface area contributed by atoms with Gasteiger partial charge >= 0.3 is 0 Å². The maximum Gasteiger partial charge on any atom is 0.238 e. The van der Waals surface area contributed by atoms with E-state index >= 15 is 0 Å². The predicted molar refractivity (Wildman–Crippen MR) is 114 cm³/mol. The maximum atomic E-state index is 12.5. The van der Waals surface area contributed by atoms with Crippen molar-refractivity contribution in [3.05, 3.63) is 28.2 Å². The van der Waals surface area contributed by atoms with E-state index in [0.29, 0.717) is 22.3 Å². The minimum atomic E-state index is -0.0435. The lowest BCUT2D eigenvalue weighted by molar-refractivity contribution is -0.118. The first-order valence-corrected chi connectivity index (χ1v) is 11.5. The van der Waals surface area contributed by atoms with Gasteiger partial charge in [0, 0.05) is 32.2 Å². The lowest BCUT2D eigenvalue weighted by Crippen LogP contribution is -2.60. The molecule has 6 heteroatoms. The van der Waals surface area contributed by atoms with E-state index in [1.807, 2.05) is 0 Å². The molecule has 1 amide bonds. The molecule has 0 radical (unpaired) electrons. The van der Waals surface area contributed by atoms with Crippen LogP contribution in [0.15, 0.2) is 18.2 Å². The molecule has 0 atom stereocenters. The second kappa shape index (κ2) is 7.79. The lowest BCUT2D eigenvalue weighted by Gasteiger charge is -2.58. The van der Waals surface area contributed by atoms with Crippen molar-refractivity contribution in [3.8, 4) is 0 Å². The molecule has 152 valence electrons. The van der Waals surface area contributed by atoms with Crippen molar-refractivity contribution < 1.29 is 4.79 Å². The van der Waals surface area contributed by atoms with Gasteiger partial charge in [0.15, 0.2) is 0 Å². The molecule has 4 aliphatic carbocycles. The topological polar surface area (TPSA) is 35.6 Å². The molecule has 5 fully saturated rings. The molecule has 1 aromatic carbocycles. The first-order chi connectivity index (χ1) is 13.6. The van der Waals surface area contributed by atoms with Crippen molar-refractivity contribution in [2.45, 2.75) is 38.1 Å². The fourth-order valence-electron chi connectivity index (χ4n) is 6.71. The molecule has 1 saturated heterocycles. The Morgan fingerprint density at radius 3 is 2.07 bits per heavy atom. The number of nitrogens with zero attached hydrogens (tertiary/aromatic N) is 2. The number of rotatable bonds is 4. The maximum absolute atomic E-state index is 12.5. The van der Waals surface area contributed by atoms with E-state index in [2.05, 4.69) is 15.1 Å². The molecular weight excluding hydrogens is 393 g/mol. The molecule has 5 aliphatic rings. The second-order valence-corrected chi connectivity index (χ2v) is 10.2. The van der Waals surface area contributed by atoms with E-state index < -0.39 is 0 Å². The van der Waals surface area contributed by atoms with E-state index in [0.717, 1.165) is 55.9 Å². The fraction of sp³-hybridized carbons (Fsp3) is 0.682. The first-order valence-electron chi connectivity index (χ1n) is 10.8. The summed E-state index contributed by atoms with van der Waals surface area (Å²) >= 11 is 12.3. The van der Waals surface area contributed by atoms with Gasteiger partial charge in [-0.1, -0.05) is 29.3 Å². The van der Waals surface area contributed by atoms with E-state index in [9.17, 15) is 4.79 Å². The molecule has 1 N–H and O–H groups in total. The van der Waals surface area contributed by atoms with Crippen LogP contribution in [0.4, 0.5) is 5.69 Å². The largest absolute Gasteiger partial charge is 0.322 e. The summed E-state index contributed by atoms with van der Waals surface area (Å²) in [7, 11) is 0. The third-order valence-corrected chi connectivity index (χ3v) is 8.23. The highest BCUT2D eigenvalue weighted by molar-refractivity contribution is 6.39. The Balaban J connectivity index is 1.14. The molecule has 28 heavy (non-hydrogen) atoms. The van der Waals surface area contributed by atoms with Gasteiger partial charge in [-0.15, -0.1) is 0 Å². The van der Waals surface area contributed by atoms with Crippen LogP contribution in [0.3, 0.4) is 0 Å². The van der Waals surface area contributed by atoms with Crippen molar-refractivity contribution in [2.75, 3.05) is 38.0 Å². The van der Waals surface area contributed by atoms with Crippen LogP contribution in [0.25, 0.3) is 0 Å². The molecule has 4 saturated carbocycles. The van der Waals surface area contributed by atoms with Gasteiger partial charge in [-0.05, 0) is 67.9 Å².